The average molecular weight is 259 g/mol. The summed E-state index contributed by atoms with van der Waals surface area (Å²) in [6.07, 6.45) is 0.0335. The Labute approximate surface area is 113 Å². The number of nitrogens with one attached hydrogen (secondary N) is 1. The fourth-order valence-corrected chi connectivity index (χ4v) is 1.78. The quantitative estimate of drug-likeness (QED) is 0.875. The molecule has 0 saturated carbocycles. The Bertz CT molecular complexity index is 525. The highest BCUT2D eigenvalue weighted by atomic mass is 19.1. The Hall–Kier alpha value is -2.03. The van der Waals surface area contributed by atoms with E-state index in [0.29, 0.717) is 6.54 Å². The molecule has 2 nitrogen and oxygen atoms in total. The van der Waals surface area contributed by atoms with Crippen LogP contribution < -0.4 is 10.1 Å². The van der Waals surface area contributed by atoms with E-state index in [1.807, 2.05) is 38.1 Å². The molecule has 0 aromatic heterocycles. The fraction of sp³-hybridized carbons (Fsp3) is 0.250. The van der Waals surface area contributed by atoms with Crippen molar-refractivity contribution in [2.45, 2.75) is 20.0 Å². The van der Waals surface area contributed by atoms with Crippen LogP contribution in [0.1, 0.15) is 12.5 Å². The smallest absolute Gasteiger partial charge is 0.123 e. The maximum atomic E-state index is 12.8. The van der Waals surface area contributed by atoms with Crippen LogP contribution in [0, 0.1) is 12.7 Å². The molecule has 0 amide bonds. The van der Waals surface area contributed by atoms with Crippen molar-refractivity contribution in [3.8, 4) is 5.75 Å². The zero-order valence-electron chi connectivity index (χ0n) is 11.2. The summed E-state index contributed by atoms with van der Waals surface area (Å²) >= 11 is 0. The number of benzene rings is 2. The third-order valence-electron chi connectivity index (χ3n) is 2.86. The molecule has 0 fully saturated rings. The molecule has 1 atom stereocenters. The van der Waals surface area contributed by atoms with Crippen LogP contribution in [-0.2, 0) is 0 Å². The molecule has 0 bridgehead atoms. The molecule has 1 unspecified atom stereocenters. The third kappa shape index (κ3) is 3.98. The fourth-order valence-electron chi connectivity index (χ4n) is 1.78. The van der Waals surface area contributed by atoms with Gasteiger partial charge >= 0.3 is 0 Å². The highest BCUT2D eigenvalue weighted by molar-refractivity contribution is 5.43. The van der Waals surface area contributed by atoms with Gasteiger partial charge in [0.05, 0.1) is 6.54 Å². The topological polar surface area (TPSA) is 21.3 Å². The largest absolute Gasteiger partial charge is 0.489 e. The average Bonchev–Trinajstić information content (AvgIpc) is 2.41. The molecule has 1 N–H and O–H groups in total. The molecule has 2 aromatic rings. The van der Waals surface area contributed by atoms with Crippen molar-refractivity contribution in [3.05, 3.63) is 59.9 Å². The molecule has 0 spiro atoms. The molecule has 0 aliphatic rings. The Morgan fingerprint density at radius 3 is 2.47 bits per heavy atom. The molecule has 3 heteroatoms. The van der Waals surface area contributed by atoms with Crippen LogP contribution in [0.25, 0.3) is 0 Å². The van der Waals surface area contributed by atoms with Crippen LogP contribution in [0.5, 0.6) is 5.75 Å². The second-order valence-corrected chi connectivity index (χ2v) is 4.58. The summed E-state index contributed by atoms with van der Waals surface area (Å²) in [6, 6.07) is 14.3. The van der Waals surface area contributed by atoms with Gasteiger partial charge in [0, 0.05) is 5.69 Å². The van der Waals surface area contributed by atoms with Crippen molar-refractivity contribution in [3.63, 3.8) is 0 Å². The highest BCUT2D eigenvalue weighted by Gasteiger charge is 2.05. The van der Waals surface area contributed by atoms with Gasteiger partial charge in [-0.25, -0.2) is 4.39 Å². The van der Waals surface area contributed by atoms with Gasteiger partial charge in [0.25, 0.3) is 0 Å². The summed E-state index contributed by atoms with van der Waals surface area (Å²) in [7, 11) is 0. The maximum absolute atomic E-state index is 12.8. The van der Waals surface area contributed by atoms with Gasteiger partial charge in [0.1, 0.15) is 17.7 Å². The van der Waals surface area contributed by atoms with E-state index in [1.54, 1.807) is 12.1 Å². The second-order valence-electron chi connectivity index (χ2n) is 4.58. The number of hydrogen-bond donors (Lipinski definition) is 1. The molecule has 2 rings (SSSR count). The molecule has 19 heavy (non-hydrogen) atoms. The minimum absolute atomic E-state index is 0.0335. The van der Waals surface area contributed by atoms with Crippen molar-refractivity contribution in [2.24, 2.45) is 0 Å². The molecule has 0 aliphatic carbocycles. The molecule has 100 valence electrons. The van der Waals surface area contributed by atoms with Gasteiger partial charge in [-0.3, -0.25) is 0 Å². The van der Waals surface area contributed by atoms with Crippen molar-refractivity contribution < 1.29 is 9.13 Å². The van der Waals surface area contributed by atoms with Gasteiger partial charge in [0.15, 0.2) is 0 Å². The minimum atomic E-state index is -0.227. The zero-order valence-corrected chi connectivity index (χ0v) is 11.2. The first-order chi connectivity index (χ1) is 9.15. The SMILES string of the molecule is Cc1ccccc1OC(C)CNc1ccc(F)cc1. The molecular weight excluding hydrogens is 241 g/mol. The number of ether oxygens (including phenoxy) is 1. The number of para-hydroxylation sites is 1. The van der Waals surface area contributed by atoms with E-state index in [4.69, 9.17) is 4.74 Å². The van der Waals surface area contributed by atoms with Crippen molar-refractivity contribution in [1.29, 1.82) is 0 Å². The number of hydrogen-bond acceptors (Lipinski definition) is 2. The van der Waals surface area contributed by atoms with Crippen LogP contribution in [-0.4, -0.2) is 12.6 Å². The number of halogens is 1. The van der Waals surface area contributed by atoms with E-state index in [9.17, 15) is 4.39 Å². The summed E-state index contributed by atoms with van der Waals surface area (Å²) in [6.45, 7) is 4.69. The summed E-state index contributed by atoms with van der Waals surface area (Å²) in [5, 5.41) is 3.22. The van der Waals surface area contributed by atoms with E-state index in [2.05, 4.69) is 5.32 Å². The van der Waals surface area contributed by atoms with E-state index < -0.39 is 0 Å². The van der Waals surface area contributed by atoms with Crippen LogP contribution in [0.3, 0.4) is 0 Å². The highest BCUT2D eigenvalue weighted by Crippen LogP contribution is 2.18. The van der Waals surface area contributed by atoms with Gasteiger partial charge < -0.3 is 10.1 Å². The van der Waals surface area contributed by atoms with Crippen LogP contribution >= 0.6 is 0 Å². The molecule has 0 heterocycles. The van der Waals surface area contributed by atoms with E-state index in [-0.39, 0.29) is 11.9 Å². The zero-order chi connectivity index (χ0) is 13.7. The lowest BCUT2D eigenvalue weighted by molar-refractivity contribution is 0.233. The van der Waals surface area contributed by atoms with Gasteiger partial charge in [0.2, 0.25) is 0 Å². The van der Waals surface area contributed by atoms with Gasteiger partial charge in [-0.05, 0) is 49.7 Å². The summed E-state index contributed by atoms with van der Waals surface area (Å²) < 4.78 is 18.6. The Morgan fingerprint density at radius 1 is 1.11 bits per heavy atom. The van der Waals surface area contributed by atoms with Gasteiger partial charge in [-0.2, -0.15) is 0 Å². The first-order valence-electron chi connectivity index (χ1n) is 6.37. The van der Waals surface area contributed by atoms with Crippen molar-refractivity contribution >= 4 is 5.69 Å². The lowest BCUT2D eigenvalue weighted by Gasteiger charge is -2.17. The number of rotatable bonds is 5. The monoisotopic (exact) mass is 259 g/mol. The molecule has 2 aromatic carbocycles. The van der Waals surface area contributed by atoms with E-state index >= 15 is 0 Å². The summed E-state index contributed by atoms with van der Waals surface area (Å²) in [5.74, 6) is 0.672. The first-order valence-corrected chi connectivity index (χ1v) is 6.37. The maximum Gasteiger partial charge on any atom is 0.123 e. The van der Waals surface area contributed by atoms with E-state index in [1.165, 1.54) is 12.1 Å². The van der Waals surface area contributed by atoms with E-state index in [0.717, 1.165) is 17.0 Å². The Balaban J connectivity index is 1.86. The van der Waals surface area contributed by atoms with Gasteiger partial charge in [-0.1, -0.05) is 18.2 Å². The second kappa shape index (κ2) is 6.23. The van der Waals surface area contributed by atoms with Crippen molar-refractivity contribution in [2.75, 3.05) is 11.9 Å². The Morgan fingerprint density at radius 2 is 1.79 bits per heavy atom. The predicted molar refractivity (Wildman–Crippen MR) is 76.2 cm³/mol. The van der Waals surface area contributed by atoms with Crippen LogP contribution in [0.2, 0.25) is 0 Å². The number of anilines is 1. The third-order valence-corrected chi connectivity index (χ3v) is 2.86. The molecule has 0 aliphatic heterocycles. The Kier molecular flexibility index (Phi) is 4.39. The van der Waals surface area contributed by atoms with Crippen LogP contribution in [0.15, 0.2) is 48.5 Å². The summed E-state index contributed by atoms with van der Waals surface area (Å²) in [5.41, 5.74) is 2.01. The predicted octanol–water partition coefficient (Wildman–Crippen LogP) is 4.01. The standard InChI is InChI=1S/C16H18FNO/c1-12-5-3-4-6-16(12)19-13(2)11-18-15-9-7-14(17)8-10-15/h3-10,13,18H,11H2,1-2H3. The summed E-state index contributed by atoms with van der Waals surface area (Å²) in [4.78, 5) is 0. The molecular formula is C16H18FNO. The normalized spacial score (nSPS) is 11.9. The molecule has 0 saturated heterocycles. The first kappa shape index (κ1) is 13.4. The minimum Gasteiger partial charge on any atom is -0.489 e. The lowest BCUT2D eigenvalue weighted by Crippen LogP contribution is -2.22. The molecule has 0 radical (unpaired) electrons. The number of aryl methyl sites for hydroxylation is 1. The van der Waals surface area contributed by atoms with Crippen LogP contribution in [0.4, 0.5) is 10.1 Å². The lowest BCUT2D eigenvalue weighted by atomic mass is 10.2. The van der Waals surface area contributed by atoms with Crippen molar-refractivity contribution in [1.82, 2.24) is 0 Å². The van der Waals surface area contributed by atoms with Gasteiger partial charge in [-0.15, -0.1) is 0 Å².